The Kier molecular flexibility index (Phi) is 4.74. The summed E-state index contributed by atoms with van der Waals surface area (Å²) in [7, 11) is 4.60. The van der Waals surface area contributed by atoms with Gasteiger partial charge >= 0.3 is 0 Å². The van der Waals surface area contributed by atoms with Gasteiger partial charge in [0, 0.05) is 30.1 Å². The van der Waals surface area contributed by atoms with E-state index in [2.05, 4.69) is 4.98 Å². The fourth-order valence-electron chi connectivity index (χ4n) is 2.69. The van der Waals surface area contributed by atoms with Crippen molar-refractivity contribution in [1.29, 1.82) is 0 Å². The Morgan fingerprint density at radius 3 is 2.31 bits per heavy atom. The van der Waals surface area contributed by atoms with Crippen molar-refractivity contribution in [1.82, 2.24) is 9.55 Å². The number of ether oxygens (including phenoxy) is 3. The summed E-state index contributed by atoms with van der Waals surface area (Å²) in [6.45, 7) is 0. The van der Waals surface area contributed by atoms with Crippen LogP contribution in [0.3, 0.4) is 0 Å². The molecule has 1 aromatic heterocycles. The van der Waals surface area contributed by atoms with Crippen LogP contribution in [-0.2, 0) is 0 Å². The number of nitrogens with zero attached hydrogens (tertiary/aromatic N) is 3. The summed E-state index contributed by atoms with van der Waals surface area (Å²) in [6, 6.07) is 9.89. The van der Waals surface area contributed by atoms with Crippen LogP contribution in [0.1, 0.15) is 0 Å². The maximum absolute atomic E-state index is 11.0. The first-order valence-electron chi connectivity index (χ1n) is 7.67. The van der Waals surface area contributed by atoms with Crippen LogP contribution in [0, 0.1) is 10.1 Å². The van der Waals surface area contributed by atoms with Crippen molar-refractivity contribution >= 4 is 5.69 Å². The van der Waals surface area contributed by atoms with Crippen LogP contribution in [0.5, 0.6) is 17.2 Å². The molecule has 3 aromatic rings. The Balaban J connectivity index is 2.15. The molecule has 0 radical (unpaired) electrons. The SMILES string of the molecule is COc1cc(-c2nccn2-c2cccc([N+](=O)[O-])c2)cc(OC)c1OC. The van der Waals surface area contributed by atoms with Gasteiger partial charge in [-0.25, -0.2) is 4.98 Å². The summed E-state index contributed by atoms with van der Waals surface area (Å²) in [5.74, 6) is 2.06. The van der Waals surface area contributed by atoms with Crippen LogP contribution >= 0.6 is 0 Å². The Morgan fingerprint density at radius 1 is 1.04 bits per heavy atom. The number of methoxy groups -OCH3 is 3. The van der Waals surface area contributed by atoms with Crippen LogP contribution in [-0.4, -0.2) is 35.8 Å². The topological polar surface area (TPSA) is 88.7 Å². The highest BCUT2D eigenvalue weighted by molar-refractivity contribution is 5.68. The Morgan fingerprint density at radius 2 is 1.73 bits per heavy atom. The maximum atomic E-state index is 11.0. The number of non-ortho nitro benzene ring substituents is 1. The van der Waals surface area contributed by atoms with Crippen molar-refractivity contribution in [3.63, 3.8) is 0 Å². The lowest BCUT2D eigenvalue weighted by molar-refractivity contribution is -0.384. The summed E-state index contributed by atoms with van der Waals surface area (Å²) in [6.07, 6.45) is 3.36. The van der Waals surface area contributed by atoms with E-state index in [1.54, 1.807) is 41.2 Å². The molecule has 8 heteroatoms. The number of imidazole rings is 1. The van der Waals surface area contributed by atoms with E-state index in [0.717, 1.165) is 5.56 Å². The van der Waals surface area contributed by atoms with E-state index in [1.807, 2.05) is 0 Å². The molecular weight excluding hydrogens is 338 g/mol. The molecule has 8 nitrogen and oxygen atoms in total. The normalized spacial score (nSPS) is 10.4. The van der Waals surface area contributed by atoms with Crippen LogP contribution in [0.2, 0.25) is 0 Å². The van der Waals surface area contributed by atoms with Crippen molar-refractivity contribution in [2.45, 2.75) is 0 Å². The van der Waals surface area contributed by atoms with Crippen molar-refractivity contribution in [3.05, 3.63) is 58.9 Å². The maximum Gasteiger partial charge on any atom is 0.271 e. The zero-order valence-corrected chi connectivity index (χ0v) is 14.5. The summed E-state index contributed by atoms with van der Waals surface area (Å²) >= 11 is 0. The second-order valence-corrected chi connectivity index (χ2v) is 5.31. The van der Waals surface area contributed by atoms with Gasteiger partial charge in [0.1, 0.15) is 5.82 Å². The average Bonchev–Trinajstić information content (AvgIpc) is 3.16. The predicted molar refractivity (Wildman–Crippen MR) is 95.3 cm³/mol. The molecule has 0 spiro atoms. The van der Waals surface area contributed by atoms with Gasteiger partial charge in [0.15, 0.2) is 11.5 Å². The van der Waals surface area contributed by atoms with Crippen molar-refractivity contribution < 1.29 is 19.1 Å². The third-order valence-electron chi connectivity index (χ3n) is 3.88. The van der Waals surface area contributed by atoms with Gasteiger partial charge in [-0.2, -0.15) is 0 Å². The molecule has 0 unspecified atom stereocenters. The van der Waals surface area contributed by atoms with Crippen LogP contribution in [0.15, 0.2) is 48.8 Å². The molecule has 0 aliphatic heterocycles. The van der Waals surface area contributed by atoms with Crippen molar-refractivity contribution in [3.8, 4) is 34.3 Å². The van der Waals surface area contributed by atoms with Gasteiger partial charge in [-0.15, -0.1) is 0 Å². The van der Waals surface area contributed by atoms with Gasteiger partial charge in [0.2, 0.25) is 5.75 Å². The molecule has 3 rings (SSSR count). The first-order valence-corrected chi connectivity index (χ1v) is 7.67. The van der Waals surface area contributed by atoms with E-state index in [9.17, 15) is 10.1 Å². The smallest absolute Gasteiger partial charge is 0.271 e. The minimum Gasteiger partial charge on any atom is -0.493 e. The third-order valence-corrected chi connectivity index (χ3v) is 3.88. The molecular formula is C18H17N3O5. The number of nitro benzene ring substituents is 1. The number of rotatable bonds is 6. The number of hydrogen-bond donors (Lipinski definition) is 0. The summed E-state index contributed by atoms with van der Waals surface area (Å²) in [4.78, 5) is 15.0. The van der Waals surface area contributed by atoms with Gasteiger partial charge in [-0.1, -0.05) is 6.07 Å². The fraction of sp³-hybridized carbons (Fsp3) is 0.167. The molecule has 0 bridgehead atoms. The number of hydrogen-bond acceptors (Lipinski definition) is 6. The molecule has 0 amide bonds. The minimum atomic E-state index is -0.431. The van der Waals surface area contributed by atoms with E-state index < -0.39 is 4.92 Å². The van der Waals surface area contributed by atoms with Gasteiger partial charge in [0.25, 0.3) is 5.69 Å². The number of benzene rings is 2. The van der Waals surface area contributed by atoms with Crippen LogP contribution in [0.4, 0.5) is 5.69 Å². The molecule has 0 fully saturated rings. The lowest BCUT2D eigenvalue weighted by Gasteiger charge is -2.15. The summed E-state index contributed by atoms with van der Waals surface area (Å²) in [5, 5.41) is 11.0. The zero-order chi connectivity index (χ0) is 18.7. The fourth-order valence-corrected chi connectivity index (χ4v) is 2.69. The Bertz CT molecular complexity index is 926. The summed E-state index contributed by atoms with van der Waals surface area (Å²) in [5.41, 5.74) is 1.35. The first kappa shape index (κ1) is 17.3. The molecule has 1 heterocycles. The van der Waals surface area contributed by atoms with Crippen LogP contribution < -0.4 is 14.2 Å². The number of nitro groups is 1. The largest absolute Gasteiger partial charge is 0.493 e. The molecule has 0 aliphatic carbocycles. The number of aromatic nitrogens is 2. The van der Waals surface area contributed by atoms with E-state index in [4.69, 9.17) is 14.2 Å². The van der Waals surface area contributed by atoms with E-state index in [-0.39, 0.29) is 5.69 Å². The molecule has 0 saturated heterocycles. The average molecular weight is 355 g/mol. The van der Waals surface area contributed by atoms with Gasteiger partial charge in [0.05, 0.1) is 31.9 Å². The van der Waals surface area contributed by atoms with Gasteiger partial charge < -0.3 is 14.2 Å². The highest BCUT2D eigenvalue weighted by Gasteiger charge is 2.17. The third kappa shape index (κ3) is 3.04. The van der Waals surface area contributed by atoms with Crippen LogP contribution in [0.25, 0.3) is 17.1 Å². The minimum absolute atomic E-state index is 0.00652. The van der Waals surface area contributed by atoms with Crippen molar-refractivity contribution in [2.24, 2.45) is 0 Å². The summed E-state index contributed by atoms with van der Waals surface area (Å²) < 4.78 is 17.9. The Hall–Kier alpha value is -3.55. The second kappa shape index (κ2) is 7.14. The monoisotopic (exact) mass is 355 g/mol. The van der Waals surface area contributed by atoms with E-state index in [1.165, 1.54) is 33.5 Å². The predicted octanol–water partition coefficient (Wildman–Crippen LogP) is 3.47. The Labute approximate surface area is 149 Å². The zero-order valence-electron chi connectivity index (χ0n) is 14.5. The van der Waals surface area contributed by atoms with Gasteiger partial charge in [-0.05, 0) is 18.2 Å². The standard InChI is InChI=1S/C18H17N3O5/c1-24-15-9-12(10-16(25-2)17(15)26-3)18-19-7-8-20(18)13-5-4-6-14(11-13)21(22)23/h4-11H,1-3H3. The van der Waals surface area contributed by atoms with Crippen molar-refractivity contribution in [2.75, 3.05) is 21.3 Å². The van der Waals surface area contributed by atoms with Gasteiger partial charge in [-0.3, -0.25) is 14.7 Å². The molecule has 134 valence electrons. The van der Waals surface area contributed by atoms with E-state index >= 15 is 0 Å². The lowest BCUT2D eigenvalue weighted by atomic mass is 10.1. The molecule has 26 heavy (non-hydrogen) atoms. The highest BCUT2D eigenvalue weighted by Crippen LogP contribution is 2.41. The quantitative estimate of drug-likeness (QED) is 0.497. The molecule has 0 atom stereocenters. The molecule has 2 aromatic carbocycles. The molecule has 0 N–H and O–H groups in total. The molecule has 0 saturated carbocycles. The van der Waals surface area contributed by atoms with E-state index in [0.29, 0.717) is 28.8 Å². The first-order chi connectivity index (χ1) is 12.6. The lowest BCUT2D eigenvalue weighted by Crippen LogP contribution is -2.00. The second-order valence-electron chi connectivity index (χ2n) is 5.31. The molecule has 0 aliphatic rings. The highest BCUT2D eigenvalue weighted by atomic mass is 16.6.